The zero-order chi connectivity index (χ0) is 11.4. The molecule has 1 rings (SSSR count). The molecule has 0 saturated heterocycles. The molecule has 80 valence electrons. The molecule has 1 N–H and O–H groups in total. The van der Waals surface area contributed by atoms with Crippen molar-refractivity contribution in [3.8, 4) is 0 Å². The Morgan fingerprint density at radius 1 is 1.40 bits per heavy atom. The molecule has 0 aliphatic rings. The van der Waals surface area contributed by atoms with Crippen LogP contribution in [0, 0.1) is 13.8 Å². The minimum atomic E-state index is -0.825. The van der Waals surface area contributed by atoms with Gasteiger partial charge in [0.1, 0.15) is 0 Å². The number of aryl methyl sites for hydroxylation is 2. The van der Waals surface area contributed by atoms with E-state index in [2.05, 4.69) is 0 Å². The van der Waals surface area contributed by atoms with Crippen molar-refractivity contribution < 1.29 is 9.90 Å². The van der Waals surface area contributed by atoms with Gasteiger partial charge in [-0.3, -0.25) is 4.79 Å². The molecule has 0 aliphatic heterocycles. The number of carboxylic acid groups (broad SMARTS) is 1. The first kappa shape index (κ1) is 11.8. The first-order chi connectivity index (χ1) is 7.00. The molecule has 0 bridgehead atoms. The molecule has 0 unspecified atom stereocenters. The molecule has 3 heteroatoms. The van der Waals surface area contributed by atoms with Crippen LogP contribution in [0.1, 0.15) is 23.1 Å². The van der Waals surface area contributed by atoms with Crippen LogP contribution in [-0.4, -0.2) is 11.1 Å². The molecule has 0 heterocycles. The molecule has 0 fully saturated rings. The van der Waals surface area contributed by atoms with Gasteiger partial charge in [0.05, 0.1) is 6.42 Å². The van der Waals surface area contributed by atoms with Gasteiger partial charge in [0, 0.05) is 5.02 Å². The lowest BCUT2D eigenvalue weighted by atomic mass is 10.1. The van der Waals surface area contributed by atoms with Crippen molar-refractivity contribution in [2.45, 2.75) is 20.3 Å². The molecule has 0 spiro atoms. The Labute approximate surface area is 94.2 Å². The number of halogens is 1. The number of carbonyl (C=O) groups is 1. The summed E-state index contributed by atoms with van der Waals surface area (Å²) in [5.74, 6) is -0.825. The summed E-state index contributed by atoms with van der Waals surface area (Å²) in [7, 11) is 0. The summed E-state index contributed by atoms with van der Waals surface area (Å²) in [6.45, 7) is 3.87. The molecule has 0 atom stereocenters. The Kier molecular flexibility index (Phi) is 3.92. The highest BCUT2D eigenvalue weighted by atomic mass is 35.5. The van der Waals surface area contributed by atoms with E-state index in [4.69, 9.17) is 16.7 Å². The third kappa shape index (κ3) is 3.40. The number of benzene rings is 1. The van der Waals surface area contributed by atoms with E-state index >= 15 is 0 Å². The SMILES string of the molecule is Cc1cc(C=CCC(=O)O)cc(C)c1Cl. The molecule has 0 amide bonds. The lowest BCUT2D eigenvalue weighted by molar-refractivity contribution is -0.135. The number of carboxylic acids is 1. The van der Waals surface area contributed by atoms with Gasteiger partial charge in [-0.25, -0.2) is 0 Å². The van der Waals surface area contributed by atoms with E-state index in [0.717, 1.165) is 21.7 Å². The van der Waals surface area contributed by atoms with Crippen molar-refractivity contribution in [1.29, 1.82) is 0 Å². The fourth-order valence-corrected chi connectivity index (χ4v) is 1.48. The molecule has 15 heavy (non-hydrogen) atoms. The van der Waals surface area contributed by atoms with Gasteiger partial charge < -0.3 is 5.11 Å². The summed E-state index contributed by atoms with van der Waals surface area (Å²) in [6, 6.07) is 3.88. The average Bonchev–Trinajstić information content (AvgIpc) is 2.13. The zero-order valence-corrected chi connectivity index (χ0v) is 9.51. The monoisotopic (exact) mass is 224 g/mol. The Balaban J connectivity index is 2.87. The summed E-state index contributed by atoms with van der Waals surface area (Å²) in [5.41, 5.74) is 2.99. The number of hydrogen-bond donors (Lipinski definition) is 1. The number of aliphatic carboxylic acids is 1. The maximum Gasteiger partial charge on any atom is 0.307 e. The Morgan fingerprint density at radius 3 is 2.40 bits per heavy atom. The molecular weight excluding hydrogens is 212 g/mol. The summed E-state index contributed by atoms with van der Waals surface area (Å²) >= 11 is 6.02. The van der Waals surface area contributed by atoms with E-state index in [-0.39, 0.29) is 6.42 Å². The fourth-order valence-electron chi connectivity index (χ4n) is 1.37. The molecule has 0 saturated carbocycles. The van der Waals surface area contributed by atoms with Gasteiger partial charge in [0.25, 0.3) is 0 Å². The third-order valence-electron chi connectivity index (χ3n) is 2.06. The standard InChI is InChI=1S/C12H13ClO2/c1-8-6-10(4-3-5-11(14)15)7-9(2)12(8)13/h3-4,6-7H,5H2,1-2H3,(H,14,15). The zero-order valence-electron chi connectivity index (χ0n) is 8.75. The fraction of sp³-hybridized carbons (Fsp3) is 0.250. The second-order valence-electron chi connectivity index (χ2n) is 3.47. The van der Waals surface area contributed by atoms with Crippen LogP contribution in [0.25, 0.3) is 6.08 Å². The maximum absolute atomic E-state index is 10.3. The normalized spacial score (nSPS) is 10.9. The topological polar surface area (TPSA) is 37.3 Å². The molecular formula is C12H13ClO2. The lowest BCUT2D eigenvalue weighted by Crippen LogP contribution is -1.90. The second kappa shape index (κ2) is 4.99. The summed E-state index contributed by atoms with van der Waals surface area (Å²) < 4.78 is 0. The van der Waals surface area contributed by atoms with Crippen LogP contribution in [-0.2, 0) is 4.79 Å². The summed E-state index contributed by atoms with van der Waals surface area (Å²) in [5, 5.41) is 9.24. The van der Waals surface area contributed by atoms with Crippen LogP contribution in [0.15, 0.2) is 18.2 Å². The third-order valence-corrected chi connectivity index (χ3v) is 2.66. The van der Waals surface area contributed by atoms with Gasteiger partial charge in [-0.15, -0.1) is 0 Å². The first-order valence-electron chi connectivity index (χ1n) is 4.66. The molecule has 1 aromatic carbocycles. The van der Waals surface area contributed by atoms with Crippen LogP contribution < -0.4 is 0 Å². The highest BCUT2D eigenvalue weighted by Crippen LogP contribution is 2.22. The van der Waals surface area contributed by atoms with Crippen molar-refractivity contribution >= 4 is 23.6 Å². The molecule has 0 aliphatic carbocycles. The van der Waals surface area contributed by atoms with Crippen LogP contribution >= 0.6 is 11.6 Å². The van der Waals surface area contributed by atoms with Crippen LogP contribution in [0.4, 0.5) is 0 Å². The minimum Gasteiger partial charge on any atom is -0.481 e. The highest BCUT2D eigenvalue weighted by Gasteiger charge is 2.00. The first-order valence-corrected chi connectivity index (χ1v) is 5.03. The van der Waals surface area contributed by atoms with Gasteiger partial charge in [0.15, 0.2) is 0 Å². The number of hydrogen-bond acceptors (Lipinski definition) is 1. The second-order valence-corrected chi connectivity index (χ2v) is 3.85. The Hall–Kier alpha value is -1.28. The largest absolute Gasteiger partial charge is 0.481 e. The van der Waals surface area contributed by atoms with Gasteiger partial charge >= 0.3 is 5.97 Å². The highest BCUT2D eigenvalue weighted by molar-refractivity contribution is 6.32. The van der Waals surface area contributed by atoms with E-state index in [0.29, 0.717) is 0 Å². The van der Waals surface area contributed by atoms with E-state index < -0.39 is 5.97 Å². The molecule has 0 aromatic heterocycles. The van der Waals surface area contributed by atoms with E-state index in [1.807, 2.05) is 26.0 Å². The van der Waals surface area contributed by atoms with Crippen LogP contribution in [0.3, 0.4) is 0 Å². The molecule has 2 nitrogen and oxygen atoms in total. The Bertz CT molecular complexity index is 385. The van der Waals surface area contributed by atoms with Crippen LogP contribution in [0.5, 0.6) is 0 Å². The minimum absolute atomic E-state index is 0.0424. The summed E-state index contributed by atoms with van der Waals surface area (Å²) in [6.07, 6.45) is 3.47. The van der Waals surface area contributed by atoms with Crippen LogP contribution in [0.2, 0.25) is 5.02 Å². The van der Waals surface area contributed by atoms with Gasteiger partial charge in [-0.1, -0.05) is 35.9 Å². The lowest BCUT2D eigenvalue weighted by Gasteiger charge is -2.03. The maximum atomic E-state index is 10.3. The van der Waals surface area contributed by atoms with Gasteiger partial charge in [0.2, 0.25) is 0 Å². The number of rotatable bonds is 3. The van der Waals surface area contributed by atoms with Crippen molar-refractivity contribution in [3.05, 3.63) is 39.9 Å². The van der Waals surface area contributed by atoms with E-state index in [9.17, 15) is 4.79 Å². The van der Waals surface area contributed by atoms with Crippen molar-refractivity contribution in [1.82, 2.24) is 0 Å². The van der Waals surface area contributed by atoms with Gasteiger partial charge in [-0.2, -0.15) is 0 Å². The summed E-state index contributed by atoms with van der Waals surface area (Å²) in [4.78, 5) is 10.3. The molecule has 1 aromatic rings. The van der Waals surface area contributed by atoms with E-state index in [1.165, 1.54) is 0 Å². The van der Waals surface area contributed by atoms with Gasteiger partial charge in [-0.05, 0) is 30.5 Å². The van der Waals surface area contributed by atoms with Crippen molar-refractivity contribution in [3.63, 3.8) is 0 Å². The Morgan fingerprint density at radius 2 is 1.93 bits per heavy atom. The predicted octanol–water partition coefficient (Wildman–Crippen LogP) is 3.44. The van der Waals surface area contributed by atoms with E-state index in [1.54, 1.807) is 12.2 Å². The quantitative estimate of drug-likeness (QED) is 0.854. The van der Waals surface area contributed by atoms with Crippen molar-refractivity contribution in [2.75, 3.05) is 0 Å². The van der Waals surface area contributed by atoms with Crippen molar-refractivity contribution in [2.24, 2.45) is 0 Å². The molecule has 0 radical (unpaired) electrons. The smallest absolute Gasteiger partial charge is 0.307 e. The average molecular weight is 225 g/mol. The predicted molar refractivity (Wildman–Crippen MR) is 62.2 cm³/mol.